The number of carbonyl (C=O) groups excluding carboxylic acids is 1. The number of amides is 1. The van der Waals surface area contributed by atoms with E-state index in [2.05, 4.69) is 5.10 Å². The first-order valence-corrected chi connectivity index (χ1v) is 8.15. The Morgan fingerprint density at radius 2 is 2.09 bits per heavy atom. The van der Waals surface area contributed by atoms with Gasteiger partial charge in [-0.25, -0.2) is 5.01 Å². The van der Waals surface area contributed by atoms with E-state index in [1.807, 2.05) is 35.7 Å². The van der Waals surface area contributed by atoms with Crippen LogP contribution in [0.25, 0.3) is 0 Å². The standard InChI is InChI=1S/C17H18N2O3S/c1-11(20)19-14(10-13(18-19)16-8-5-9-23-16)12-6-4-7-15(21-2)17(12)22-3/h4-9,14H,10H2,1-3H3/t14-/m0/s1. The molecule has 0 bridgehead atoms. The van der Waals surface area contributed by atoms with Gasteiger partial charge < -0.3 is 9.47 Å². The molecule has 6 heteroatoms. The molecule has 0 unspecified atom stereocenters. The van der Waals surface area contributed by atoms with Crippen molar-refractivity contribution < 1.29 is 14.3 Å². The van der Waals surface area contributed by atoms with Crippen LogP contribution < -0.4 is 9.47 Å². The molecular formula is C17H18N2O3S. The molecule has 120 valence electrons. The number of nitrogens with zero attached hydrogens (tertiary/aromatic N) is 2. The van der Waals surface area contributed by atoms with Gasteiger partial charge in [-0.15, -0.1) is 11.3 Å². The highest BCUT2D eigenvalue weighted by Crippen LogP contribution is 2.41. The predicted molar refractivity (Wildman–Crippen MR) is 90.3 cm³/mol. The summed E-state index contributed by atoms with van der Waals surface area (Å²) >= 11 is 1.62. The summed E-state index contributed by atoms with van der Waals surface area (Å²) in [7, 11) is 3.21. The van der Waals surface area contributed by atoms with Crippen LogP contribution in [0.3, 0.4) is 0 Å². The number of para-hydroxylation sites is 1. The SMILES string of the molecule is COc1cccc([C@@H]2CC(c3cccs3)=NN2C(C)=O)c1OC. The average molecular weight is 330 g/mol. The van der Waals surface area contributed by atoms with Crippen molar-refractivity contribution in [3.8, 4) is 11.5 Å². The number of hydrazone groups is 1. The molecule has 1 amide bonds. The molecule has 1 atom stereocenters. The fraction of sp³-hybridized carbons (Fsp3) is 0.294. The van der Waals surface area contributed by atoms with E-state index < -0.39 is 0 Å². The summed E-state index contributed by atoms with van der Waals surface area (Å²) in [6.45, 7) is 1.53. The van der Waals surface area contributed by atoms with Gasteiger partial charge in [-0.2, -0.15) is 5.10 Å². The highest BCUT2D eigenvalue weighted by molar-refractivity contribution is 7.12. The Kier molecular flexibility index (Phi) is 4.34. The smallest absolute Gasteiger partial charge is 0.240 e. The zero-order valence-corrected chi connectivity index (χ0v) is 14.1. The lowest BCUT2D eigenvalue weighted by Gasteiger charge is -2.23. The summed E-state index contributed by atoms with van der Waals surface area (Å²) in [6.07, 6.45) is 0.656. The van der Waals surface area contributed by atoms with E-state index in [4.69, 9.17) is 9.47 Å². The van der Waals surface area contributed by atoms with Crippen LogP contribution >= 0.6 is 11.3 Å². The Bertz CT molecular complexity index is 740. The fourth-order valence-electron chi connectivity index (χ4n) is 2.81. The zero-order chi connectivity index (χ0) is 16.4. The molecule has 0 saturated heterocycles. The van der Waals surface area contributed by atoms with Crippen molar-refractivity contribution in [2.24, 2.45) is 5.10 Å². The zero-order valence-electron chi connectivity index (χ0n) is 13.3. The van der Waals surface area contributed by atoms with Crippen molar-refractivity contribution in [2.75, 3.05) is 14.2 Å². The highest BCUT2D eigenvalue weighted by Gasteiger charge is 2.34. The third-order valence-electron chi connectivity index (χ3n) is 3.83. The van der Waals surface area contributed by atoms with Gasteiger partial charge in [0.05, 0.1) is 30.9 Å². The molecule has 2 heterocycles. The van der Waals surface area contributed by atoms with Crippen molar-refractivity contribution in [1.29, 1.82) is 0 Å². The minimum atomic E-state index is -0.186. The first-order valence-electron chi connectivity index (χ1n) is 7.27. The van der Waals surface area contributed by atoms with Crippen LogP contribution in [-0.4, -0.2) is 30.8 Å². The first kappa shape index (κ1) is 15.6. The van der Waals surface area contributed by atoms with E-state index in [0.29, 0.717) is 17.9 Å². The second-order valence-corrected chi connectivity index (χ2v) is 6.14. The molecule has 5 nitrogen and oxygen atoms in total. The Balaban J connectivity index is 2.02. The maximum atomic E-state index is 12.0. The van der Waals surface area contributed by atoms with Crippen molar-refractivity contribution in [2.45, 2.75) is 19.4 Å². The highest BCUT2D eigenvalue weighted by atomic mass is 32.1. The van der Waals surface area contributed by atoms with Crippen LogP contribution in [0.15, 0.2) is 40.8 Å². The van der Waals surface area contributed by atoms with Crippen LogP contribution in [0.4, 0.5) is 0 Å². The Hall–Kier alpha value is -2.34. The van der Waals surface area contributed by atoms with Crippen molar-refractivity contribution in [1.82, 2.24) is 5.01 Å². The maximum Gasteiger partial charge on any atom is 0.240 e. The monoisotopic (exact) mass is 330 g/mol. The van der Waals surface area contributed by atoms with Crippen LogP contribution in [0, 0.1) is 0 Å². The second kappa shape index (κ2) is 6.42. The molecule has 0 aliphatic carbocycles. The lowest BCUT2D eigenvalue weighted by molar-refractivity contribution is -0.130. The van der Waals surface area contributed by atoms with Gasteiger partial charge >= 0.3 is 0 Å². The lowest BCUT2D eigenvalue weighted by atomic mass is 9.99. The van der Waals surface area contributed by atoms with Crippen LogP contribution in [0.2, 0.25) is 0 Å². The number of carbonyl (C=O) groups is 1. The molecule has 1 aliphatic rings. The predicted octanol–water partition coefficient (Wildman–Crippen LogP) is 3.46. The molecule has 0 spiro atoms. The largest absolute Gasteiger partial charge is 0.493 e. The van der Waals surface area contributed by atoms with Crippen molar-refractivity contribution >= 4 is 23.0 Å². The van der Waals surface area contributed by atoms with Crippen LogP contribution in [0.1, 0.15) is 29.8 Å². The minimum Gasteiger partial charge on any atom is -0.493 e. The third kappa shape index (κ3) is 2.82. The molecule has 1 aromatic heterocycles. The van der Waals surface area contributed by atoms with E-state index in [0.717, 1.165) is 16.2 Å². The molecule has 0 saturated carbocycles. The number of hydrogen-bond acceptors (Lipinski definition) is 5. The van der Waals surface area contributed by atoms with Gasteiger partial charge in [0, 0.05) is 18.9 Å². The number of benzene rings is 1. The number of hydrogen-bond donors (Lipinski definition) is 0. The van der Waals surface area contributed by atoms with Gasteiger partial charge in [0.25, 0.3) is 0 Å². The summed E-state index contributed by atoms with van der Waals surface area (Å²) in [5.41, 5.74) is 1.82. The molecule has 0 N–H and O–H groups in total. The summed E-state index contributed by atoms with van der Waals surface area (Å²) < 4.78 is 10.9. The van der Waals surface area contributed by atoms with Crippen LogP contribution in [-0.2, 0) is 4.79 Å². The van der Waals surface area contributed by atoms with Gasteiger partial charge in [-0.05, 0) is 17.5 Å². The van der Waals surface area contributed by atoms with Gasteiger partial charge in [0.1, 0.15) is 0 Å². The average Bonchev–Trinajstić information content (AvgIpc) is 3.22. The maximum absolute atomic E-state index is 12.0. The fourth-order valence-corrected chi connectivity index (χ4v) is 3.53. The molecule has 1 aromatic carbocycles. The molecule has 2 aromatic rings. The van der Waals surface area contributed by atoms with E-state index >= 15 is 0 Å². The van der Waals surface area contributed by atoms with Gasteiger partial charge in [-0.3, -0.25) is 4.79 Å². The van der Waals surface area contributed by atoms with Gasteiger partial charge in [0.15, 0.2) is 11.5 Å². The van der Waals surface area contributed by atoms with Crippen molar-refractivity contribution in [3.05, 3.63) is 46.2 Å². The summed E-state index contributed by atoms with van der Waals surface area (Å²) in [5.74, 6) is 1.21. The quantitative estimate of drug-likeness (QED) is 0.862. The van der Waals surface area contributed by atoms with Crippen LogP contribution in [0.5, 0.6) is 11.5 Å². The topological polar surface area (TPSA) is 51.1 Å². The second-order valence-electron chi connectivity index (χ2n) is 5.19. The summed E-state index contributed by atoms with van der Waals surface area (Å²) in [6, 6.07) is 9.52. The summed E-state index contributed by atoms with van der Waals surface area (Å²) in [5, 5.41) is 8.08. The van der Waals surface area contributed by atoms with Gasteiger partial charge in [-0.1, -0.05) is 18.2 Å². The van der Waals surface area contributed by atoms with Crippen molar-refractivity contribution in [3.63, 3.8) is 0 Å². The number of ether oxygens (including phenoxy) is 2. The third-order valence-corrected chi connectivity index (χ3v) is 4.75. The van der Waals surface area contributed by atoms with E-state index in [1.165, 1.54) is 11.9 Å². The number of thiophene rings is 1. The Morgan fingerprint density at radius 1 is 1.26 bits per heavy atom. The Labute approximate surface area is 139 Å². The van der Waals surface area contributed by atoms with E-state index in [9.17, 15) is 4.79 Å². The van der Waals surface area contributed by atoms with E-state index in [-0.39, 0.29) is 11.9 Å². The lowest BCUT2D eigenvalue weighted by Crippen LogP contribution is -2.24. The molecule has 23 heavy (non-hydrogen) atoms. The molecule has 0 fully saturated rings. The molecule has 1 aliphatic heterocycles. The molecule has 0 radical (unpaired) electrons. The van der Waals surface area contributed by atoms with Gasteiger partial charge in [0.2, 0.25) is 5.91 Å². The number of rotatable bonds is 4. The van der Waals surface area contributed by atoms with E-state index in [1.54, 1.807) is 25.6 Å². The first-order chi connectivity index (χ1) is 11.2. The Morgan fingerprint density at radius 3 is 2.70 bits per heavy atom. The normalized spacial score (nSPS) is 17.1. The minimum absolute atomic E-state index is 0.0913. The summed E-state index contributed by atoms with van der Waals surface area (Å²) in [4.78, 5) is 13.1. The number of methoxy groups -OCH3 is 2. The molecule has 3 rings (SSSR count). The molecular weight excluding hydrogens is 312 g/mol.